The average Bonchev–Trinajstić information content (AvgIpc) is 3.04. The Labute approximate surface area is 185 Å². The molecule has 2 aromatic carbocycles. The van der Waals surface area contributed by atoms with Crippen molar-refractivity contribution < 1.29 is 24.3 Å². The molecule has 10 heteroatoms. The number of carboxylic acid groups (broad SMARTS) is 1. The molecule has 4 rings (SSSR count). The number of benzene rings is 2. The molecule has 1 atom stereocenters. The Bertz CT molecular complexity index is 1140. The molecule has 154 valence electrons. The molecule has 1 unspecified atom stereocenters. The van der Waals surface area contributed by atoms with Gasteiger partial charge in [-0.1, -0.05) is 40.9 Å². The predicted molar refractivity (Wildman–Crippen MR) is 110 cm³/mol. The lowest BCUT2D eigenvalue weighted by atomic mass is 9.80. The van der Waals surface area contributed by atoms with Crippen LogP contribution in [0.4, 0.5) is 5.69 Å². The van der Waals surface area contributed by atoms with Crippen molar-refractivity contribution >= 4 is 64.2 Å². The molecule has 2 aliphatic rings. The zero-order valence-corrected chi connectivity index (χ0v) is 17.5. The maximum Gasteiger partial charge on any atom is 0.323 e. The first-order valence-electron chi connectivity index (χ1n) is 8.77. The van der Waals surface area contributed by atoms with Gasteiger partial charge in [0, 0.05) is 26.3 Å². The molecule has 2 aliphatic heterocycles. The molecule has 2 aromatic rings. The van der Waals surface area contributed by atoms with Crippen LogP contribution in [-0.4, -0.2) is 40.2 Å². The number of carbonyl (C=O) groups is 4. The molecule has 0 aliphatic carbocycles. The number of carbonyl (C=O) groups excluding carboxylic acids is 3. The van der Waals surface area contributed by atoms with E-state index < -0.39 is 42.1 Å². The van der Waals surface area contributed by atoms with Gasteiger partial charge in [0.1, 0.15) is 6.54 Å². The van der Waals surface area contributed by atoms with Crippen LogP contribution in [0.1, 0.15) is 17.5 Å². The van der Waals surface area contributed by atoms with E-state index in [4.69, 9.17) is 34.8 Å². The predicted octanol–water partition coefficient (Wildman–Crippen LogP) is 3.27. The Kier molecular flexibility index (Phi) is 5.00. The highest BCUT2D eigenvalue weighted by atomic mass is 35.5. The second kappa shape index (κ2) is 7.27. The van der Waals surface area contributed by atoms with Crippen molar-refractivity contribution in [3.05, 3.63) is 62.6 Å². The van der Waals surface area contributed by atoms with Crippen LogP contribution in [0.25, 0.3) is 0 Å². The second-order valence-electron chi connectivity index (χ2n) is 7.05. The summed E-state index contributed by atoms with van der Waals surface area (Å²) in [6.07, 6.45) is -0.417. The van der Waals surface area contributed by atoms with Gasteiger partial charge in [0.15, 0.2) is 5.41 Å². The molecule has 0 saturated carbocycles. The number of halogens is 3. The van der Waals surface area contributed by atoms with Crippen molar-refractivity contribution in [3.63, 3.8) is 0 Å². The minimum atomic E-state index is -1.84. The Morgan fingerprint density at radius 3 is 2.27 bits per heavy atom. The topological polar surface area (TPSA) is 95.0 Å². The molecule has 1 spiro atoms. The van der Waals surface area contributed by atoms with Gasteiger partial charge in [-0.3, -0.25) is 29.0 Å². The van der Waals surface area contributed by atoms with Crippen LogP contribution in [0.5, 0.6) is 0 Å². The molecule has 7 nitrogen and oxygen atoms in total. The van der Waals surface area contributed by atoms with Crippen LogP contribution in [0, 0.1) is 0 Å². The zero-order chi connectivity index (χ0) is 21.8. The Balaban J connectivity index is 1.78. The fourth-order valence-corrected chi connectivity index (χ4v) is 4.57. The van der Waals surface area contributed by atoms with E-state index in [1.807, 2.05) is 0 Å². The van der Waals surface area contributed by atoms with Crippen LogP contribution in [0.3, 0.4) is 0 Å². The highest BCUT2D eigenvalue weighted by Gasteiger charge is 2.63. The number of anilines is 1. The minimum Gasteiger partial charge on any atom is -0.480 e. The number of likely N-dealkylation sites (tertiary alicyclic amines) is 1. The van der Waals surface area contributed by atoms with Crippen LogP contribution >= 0.6 is 34.8 Å². The van der Waals surface area contributed by atoms with Gasteiger partial charge in [-0.2, -0.15) is 0 Å². The van der Waals surface area contributed by atoms with Crippen molar-refractivity contribution in [2.45, 2.75) is 18.4 Å². The Hall–Kier alpha value is -2.61. The molecular weight excluding hydrogens is 455 g/mol. The van der Waals surface area contributed by atoms with E-state index in [9.17, 15) is 24.3 Å². The van der Waals surface area contributed by atoms with Crippen molar-refractivity contribution in [2.24, 2.45) is 0 Å². The van der Waals surface area contributed by atoms with Gasteiger partial charge >= 0.3 is 5.97 Å². The number of nitrogens with zero attached hydrogens (tertiary/aromatic N) is 2. The number of hydrogen-bond donors (Lipinski definition) is 1. The van der Waals surface area contributed by atoms with E-state index in [0.717, 1.165) is 9.80 Å². The number of carboxylic acids is 1. The average molecular weight is 468 g/mol. The lowest BCUT2D eigenvalue weighted by Crippen LogP contribution is -2.47. The smallest absolute Gasteiger partial charge is 0.323 e. The molecule has 1 N–H and O–H groups in total. The monoisotopic (exact) mass is 466 g/mol. The largest absolute Gasteiger partial charge is 0.480 e. The molecule has 0 aromatic heterocycles. The summed E-state index contributed by atoms with van der Waals surface area (Å²) in [6, 6.07) is 9.06. The third kappa shape index (κ3) is 3.05. The van der Waals surface area contributed by atoms with Gasteiger partial charge in [0.25, 0.3) is 0 Å². The Morgan fingerprint density at radius 2 is 1.60 bits per heavy atom. The summed E-state index contributed by atoms with van der Waals surface area (Å²) in [6.45, 7) is -0.781. The molecule has 3 amide bonds. The van der Waals surface area contributed by atoms with Crippen LogP contribution in [-0.2, 0) is 31.1 Å². The maximum atomic E-state index is 13.4. The fraction of sp³-hybridized carbons (Fsp3) is 0.200. The van der Waals surface area contributed by atoms with Gasteiger partial charge in [-0.05, 0) is 35.9 Å². The van der Waals surface area contributed by atoms with Crippen molar-refractivity contribution in [1.82, 2.24) is 4.90 Å². The lowest BCUT2D eigenvalue weighted by molar-refractivity contribution is -0.143. The molecule has 30 heavy (non-hydrogen) atoms. The number of hydrogen-bond acceptors (Lipinski definition) is 4. The van der Waals surface area contributed by atoms with E-state index in [1.165, 1.54) is 24.3 Å². The Morgan fingerprint density at radius 1 is 0.967 bits per heavy atom. The van der Waals surface area contributed by atoms with Gasteiger partial charge in [-0.15, -0.1) is 0 Å². The maximum absolute atomic E-state index is 13.4. The quantitative estimate of drug-likeness (QED) is 0.550. The van der Waals surface area contributed by atoms with E-state index in [1.54, 1.807) is 12.1 Å². The summed E-state index contributed by atoms with van der Waals surface area (Å²) in [4.78, 5) is 52.8. The summed E-state index contributed by atoms with van der Waals surface area (Å²) in [7, 11) is 0. The second-order valence-corrected chi connectivity index (χ2v) is 8.33. The number of aliphatic carboxylic acids is 1. The standard InChI is InChI=1S/C20H13Cl3N2O5/c21-11-3-4-15-13(5-11)20(18(29)24(15)9-17(27)28)7-16(26)25(19(20)30)8-10-1-2-12(22)6-14(10)23/h1-6H,7-9H2,(H,27,28). The third-order valence-corrected chi connectivity index (χ3v) is 6.11. The highest BCUT2D eigenvalue weighted by Crippen LogP contribution is 2.49. The number of rotatable bonds is 4. The van der Waals surface area contributed by atoms with Crippen molar-refractivity contribution in [1.29, 1.82) is 0 Å². The van der Waals surface area contributed by atoms with Gasteiger partial charge < -0.3 is 5.11 Å². The van der Waals surface area contributed by atoms with Crippen LogP contribution in [0.15, 0.2) is 36.4 Å². The summed E-state index contributed by atoms with van der Waals surface area (Å²) in [5.74, 6) is -3.31. The summed E-state index contributed by atoms with van der Waals surface area (Å²) >= 11 is 18.2. The molecule has 0 radical (unpaired) electrons. The van der Waals surface area contributed by atoms with E-state index in [2.05, 4.69) is 0 Å². The summed E-state index contributed by atoms with van der Waals surface area (Å²) < 4.78 is 0. The molecule has 1 saturated heterocycles. The minimum absolute atomic E-state index is 0.141. The first kappa shape index (κ1) is 20.7. The SMILES string of the molecule is O=C(O)CN1C(=O)C2(CC(=O)N(Cc3ccc(Cl)cc3Cl)C2=O)c2cc(Cl)ccc21. The van der Waals surface area contributed by atoms with Crippen molar-refractivity contribution in [3.8, 4) is 0 Å². The van der Waals surface area contributed by atoms with Crippen LogP contribution < -0.4 is 4.90 Å². The number of imide groups is 1. The van der Waals surface area contributed by atoms with Crippen LogP contribution in [0.2, 0.25) is 15.1 Å². The summed E-state index contributed by atoms with van der Waals surface area (Å²) in [5, 5.41) is 10.2. The highest BCUT2D eigenvalue weighted by molar-refractivity contribution is 6.35. The lowest BCUT2D eigenvalue weighted by Gasteiger charge is -2.22. The number of fused-ring (bicyclic) bond motifs is 2. The molecule has 1 fully saturated rings. The number of amides is 3. The zero-order valence-electron chi connectivity index (χ0n) is 15.2. The molecular formula is C20H13Cl3N2O5. The van der Waals surface area contributed by atoms with E-state index in [-0.39, 0.29) is 27.8 Å². The van der Waals surface area contributed by atoms with Gasteiger partial charge in [0.05, 0.1) is 13.0 Å². The third-order valence-electron chi connectivity index (χ3n) is 5.28. The molecule has 2 heterocycles. The fourth-order valence-electron chi connectivity index (χ4n) is 3.93. The van der Waals surface area contributed by atoms with Crippen molar-refractivity contribution in [2.75, 3.05) is 11.4 Å². The van der Waals surface area contributed by atoms with Gasteiger partial charge in [0.2, 0.25) is 17.7 Å². The summed E-state index contributed by atoms with van der Waals surface area (Å²) in [5.41, 5.74) is -0.881. The normalized spacial score (nSPS) is 20.4. The first-order valence-corrected chi connectivity index (χ1v) is 9.91. The van der Waals surface area contributed by atoms with Gasteiger partial charge in [-0.25, -0.2) is 0 Å². The van der Waals surface area contributed by atoms with E-state index in [0.29, 0.717) is 10.6 Å². The first-order chi connectivity index (χ1) is 14.1. The van der Waals surface area contributed by atoms with E-state index >= 15 is 0 Å². The molecule has 0 bridgehead atoms.